The maximum Gasteiger partial charge on any atom is 0.127 e. The molecule has 3 heteroatoms. The summed E-state index contributed by atoms with van der Waals surface area (Å²) in [4.78, 5) is 0. The Morgan fingerprint density at radius 1 is 0.941 bits per heavy atom. The molecule has 0 unspecified atom stereocenters. The number of para-hydroxylation sites is 1. The van der Waals surface area contributed by atoms with Crippen LogP contribution in [0.5, 0.6) is 11.5 Å². The Labute approximate surface area is 101 Å². The van der Waals surface area contributed by atoms with Gasteiger partial charge >= 0.3 is 0 Å². The Balaban J connectivity index is 2.08. The molecule has 0 bridgehead atoms. The minimum absolute atomic E-state index is 0.140. The molecule has 2 aromatic rings. The Kier molecular flexibility index (Phi) is 3.75. The maximum atomic E-state index is 5.70. The van der Waals surface area contributed by atoms with Crippen molar-refractivity contribution in [2.45, 2.75) is 13.0 Å². The standard InChI is InChI=1S/C14H16N2O/c1-11(16-15)12-7-9-14(10-8-12)17-13-5-3-2-4-6-13/h2-11,16H,15H2,1H3/t11-/m1/s1. The Morgan fingerprint density at radius 2 is 1.53 bits per heavy atom. The molecule has 0 aromatic heterocycles. The monoisotopic (exact) mass is 228 g/mol. The lowest BCUT2D eigenvalue weighted by molar-refractivity contribution is 0.482. The molecule has 0 heterocycles. The summed E-state index contributed by atoms with van der Waals surface area (Å²) in [5.41, 5.74) is 3.84. The van der Waals surface area contributed by atoms with E-state index in [4.69, 9.17) is 10.6 Å². The van der Waals surface area contributed by atoms with Gasteiger partial charge in [-0.15, -0.1) is 0 Å². The van der Waals surface area contributed by atoms with Crippen LogP contribution >= 0.6 is 0 Å². The zero-order valence-corrected chi connectivity index (χ0v) is 9.76. The summed E-state index contributed by atoms with van der Waals surface area (Å²) in [5.74, 6) is 7.05. The molecule has 0 saturated heterocycles. The summed E-state index contributed by atoms with van der Waals surface area (Å²) < 4.78 is 5.70. The van der Waals surface area contributed by atoms with E-state index >= 15 is 0 Å². The molecule has 3 N–H and O–H groups in total. The van der Waals surface area contributed by atoms with Crippen molar-refractivity contribution >= 4 is 0 Å². The molecule has 2 aromatic carbocycles. The smallest absolute Gasteiger partial charge is 0.127 e. The highest BCUT2D eigenvalue weighted by Crippen LogP contribution is 2.22. The number of rotatable bonds is 4. The van der Waals surface area contributed by atoms with Crippen LogP contribution in [0.2, 0.25) is 0 Å². The van der Waals surface area contributed by atoms with Gasteiger partial charge in [0.15, 0.2) is 0 Å². The largest absolute Gasteiger partial charge is 0.457 e. The second-order valence-corrected chi connectivity index (χ2v) is 3.87. The lowest BCUT2D eigenvalue weighted by atomic mass is 10.1. The van der Waals surface area contributed by atoms with Crippen LogP contribution in [-0.4, -0.2) is 0 Å². The van der Waals surface area contributed by atoms with Crippen LogP contribution in [0.3, 0.4) is 0 Å². The summed E-state index contributed by atoms with van der Waals surface area (Å²) in [5, 5.41) is 0. The van der Waals surface area contributed by atoms with Crippen molar-refractivity contribution in [3.8, 4) is 11.5 Å². The van der Waals surface area contributed by atoms with E-state index in [9.17, 15) is 0 Å². The van der Waals surface area contributed by atoms with Crippen molar-refractivity contribution in [1.82, 2.24) is 5.43 Å². The second-order valence-electron chi connectivity index (χ2n) is 3.87. The van der Waals surface area contributed by atoms with Crippen LogP contribution in [0.4, 0.5) is 0 Å². The van der Waals surface area contributed by atoms with Crippen LogP contribution in [0.1, 0.15) is 18.5 Å². The normalized spacial score (nSPS) is 12.1. The number of hydrazine groups is 1. The van der Waals surface area contributed by atoms with E-state index in [1.54, 1.807) is 0 Å². The number of hydrogen-bond donors (Lipinski definition) is 2. The zero-order chi connectivity index (χ0) is 12.1. The van der Waals surface area contributed by atoms with E-state index < -0.39 is 0 Å². The van der Waals surface area contributed by atoms with Crippen LogP contribution in [-0.2, 0) is 0 Å². The first-order valence-corrected chi connectivity index (χ1v) is 5.58. The molecule has 88 valence electrons. The lowest BCUT2D eigenvalue weighted by Crippen LogP contribution is -2.25. The van der Waals surface area contributed by atoms with Gasteiger partial charge in [-0.1, -0.05) is 30.3 Å². The van der Waals surface area contributed by atoms with Crippen molar-refractivity contribution in [2.24, 2.45) is 5.84 Å². The molecule has 17 heavy (non-hydrogen) atoms. The van der Waals surface area contributed by atoms with Gasteiger partial charge in [-0.2, -0.15) is 0 Å². The van der Waals surface area contributed by atoms with E-state index in [1.807, 2.05) is 61.5 Å². The van der Waals surface area contributed by atoms with Crippen molar-refractivity contribution in [3.63, 3.8) is 0 Å². The Bertz CT molecular complexity index is 453. The van der Waals surface area contributed by atoms with Gasteiger partial charge in [0.25, 0.3) is 0 Å². The van der Waals surface area contributed by atoms with Gasteiger partial charge < -0.3 is 4.74 Å². The average molecular weight is 228 g/mol. The van der Waals surface area contributed by atoms with E-state index in [2.05, 4.69) is 5.43 Å². The predicted molar refractivity (Wildman–Crippen MR) is 68.7 cm³/mol. The average Bonchev–Trinajstić information content (AvgIpc) is 2.40. The molecule has 1 atom stereocenters. The highest BCUT2D eigenvalue weighted by atomic mass is 16.5. The molecule has 0 fully saturated rings. The topological polar surface area (TPSA) is 47.3 Å². The number of nitrogens with two attached hydrogens (primary N) is 1. The maximum absolute atomic E-state index is 5.70. The van der Waals surface area contributed by atoms with E-state index in [-0.39, 0.29) is 6.04 Å². The van der Waals surface area contributed by atoms with Crippen LogP contribution in [0.15, 0.2) is 54.6 Å². The number of benzene rings is 2. The summed E-state index contributed by atoms with van der Waals surface area (Å²) in [6.07, 6.45) is 0. The second kappa shape index (κ2) is 5.48. The molecular formula is C14H16N2O. The minimum Gasteiger partial charge on any atom is -0.457 e. The molecule has 0 aliphatic heterocycles. The third kappa shape index (κ3) is 3.06. The number of ether oxygens (including phenoxy) is 1. The molecule has 2 rings (SSSR count). The highest BCUT2D eigenvalue weighted by molar-refractivity contribution is 5.33. The van der Waals surface area contributed by atoms with E-state index in [1.165, 1.54) is 0 Å². The third-order valence-corrected chi connectivity index (χ3v) is 2.61. The van der Waals surface area contributed by atoms with Crippen molar-refractivity contribution < 1.29 is 4.74 Å². The van der Waals surface area contributed by atoms with Gasteiger partial charge in [0.05, 0.1) is 0 Å². The fourth-order valence-corrected chi connectivity index (χ4v) is 1.55. The fraction of sp³-hybridized carbons (Fsp3) is 0.143. The molecule has 3 nitrogen and oxygen atoms in total. The fourth-order valence-electron chi connectivity index (χ4n) is 1.55. The molecule has 0 spiro atoms. The van der Waals surface area contributed by atoms with Crippen LogP contribution in [0, 0.1) is 0 Å². The third-order valence-electron chi connectivity index (χ3n) is 2.61. The highest BCUT2D eigenvalue weighted by Gasteiger charge is 2.02. The first-order chi connectivity index (χ1) is 8.29. The van der Waals surface area contributed by atoms with E-state index in [0.29, 0.717) is 0 Å². The Hall–Kier alpha value is -1.84. The molecule has 0 saturated carbocycles. The molecule has 0 radical (unpaired) electrons. The Morgan fingerprint density at radius 3 is 2.12 bits per heavy atom. The van der Waals surface area contributed by atoms with Crippen molar-refractivity contribution in [3.05, 3.63) is 60.2 Å². The van der Waals surface area contributed by atoms with Crippen molar-refractivity contribution in [2.75, 3.05) is 0 Å². The summed E-state index contributed by atoms with van der Waals surface area (Å²) in [6, 6.07) is 17.7. The molecule has 0 aliphatic carbocycles. The minimum atomic E-state index is 0.140. The van der Waals surface area contributed by atoms with Gasteiger partial charge in [0, 0.05) is 6.04 Å². The molecular weight excluding hydrogens is 212 g/mol. The molecule has 0 amide bonds. The van der Waals surface area contributed by atoms with Gasteiger partial charge in [-0.3, -0.25) is 11.3 Å². The number of nitrogens with one attached hydrogen (secondary N) is 1. The van der Waals surface area contributed by atoms with Gasteiger partial charge in [0.2, 0.25) is 0 Å². The zero-order valence-electron chi connectivity index (χ0n) is 9.76. The van der Waals surface area contributed by atoms with Gasteiger partial charge in [0.1, 0.15) is 11.5 Å². The summed E-state index contributed by atoms with van der Waals surface area (Å²) in [7, 11) is 0. The van der Waals surface area contributed by atoms with Crippen LogP contribution < -0.4 is 16.0 Å². The first-order valence-electron chi connectivity index (χ1n) is 5.58. The van der Waals surface area contributed by atoms with E-state index in [0.717, 1.165) is 17.1 Å². The van der Waals surface area contributed by atoms with Gasteiger partial charge in [-0.05, 0) is 36.8 Å². The summed E-state index contributed by atoms with van der Waals surface area (Å²) in [6.45, 7) is 2.01. The molecule has 0 aliphatic rings. The van der Waals surface area contributed by atoms with Crippen LogP contribution in [0.25, 0.3) is 0 Å². The lowest BCUT2D eigenvalue weighted by Gasteiger charge is -2.11. The summed E-state index contributed by atoms with van der Waals surface area (Å²) >= 11 is 0. The number of hydrogen-bond acceptors (Lipinski definition) is 3. The van der Waals surface area contributed by atoms with Crippen molar-refractivity contribution in [1.29, 1.82) is 0 Å². The predicted octanol–water partition coefficient (Wildman–Crippen LogP) is 3.00. The van der Waals surface area contributed by atoms with Gasteiger partial charge in [-0.25, -0.2) is 0 Å². The quantitative estimate of drug-likeness (QED) is 0.624. The SMILES string of the molecule is C[C@@H](NN)c1ccc(Oc2ccccc2)cc1. The first kappa shape index (κ1) is 11.6.